The molecule has 2 aliphatic rings. The maximum Gasteiger partial charge on any atom is 0.0107 e. The maximum absolute atomic E-state index is 3.48. The van der Waals surface area contributed by atoms with Crippen molar-refractivity contribution in [3.8, 4) is 0 Å². The number of rotatable bonds is 0. The lowest BCUT2D eigenvalue weighted by Crippen LogP contribution is -2.38. The van der Waals surface area contributed by atoms with Gasteiger partial charge in [-0.1, -0.05) is 0 Å². The van der Waals surface area contributed by atoms with Crippen LogP contribution in [0.15, 0.2) is 0 Å². The molecule has 0 radical (unpaired) electrons. The zero-order valence-corrected chi connectivity index (χ0v) is 7.51. The average molecular weight is 154 g/mol. The molecule has 0 aromatic rings. The average Bonchev–Trinajstić information content (AvgIpc) is 2.30. The van der Waals surface area contributed by atoms with Crippen LogP contribution in [0.1, 0.15) is 13.3 Å². The highest BCUT2D eigenvalue weighted by Gasteiger charge is 2.37. The maximum atomic E-state index is 3.48. The normalized spacial score (nSPS) is 45.8. The lowest BCUT2D eigenvalue weighted by atomic mass is 9.86. The highest BCUT2D eigenvalue weighted by molar-refractivity contribution is 4.92. The molecule has 2 aliphatic heterocycles. The molecule has 0 spiro atoms. The minimum atomic E-state index is 0.799. The van der Waals surface area contributed by atoms with Crippen molar-refractivity contribution in [2.45, 2.75) is 19.4 Å². The zero-order chi connectivity index (χ0) is 7.84. The van der Waals surface area contributed by atoms with Gasteiger partial charge in [0.1, 0.15) is 0 Å². The van der Waals surface area contributed by atoms with Crippen LogP contribution in [0.25, 0.3) is 0 Å². The van der Waals surface area contributed by atoms with E-state index < -0.39 is 0 Å². The van der Waals surface area contributed by atoms with Gasteiger partial charge in [0.15, 0.2) is 0 Å². The first-order valence-electron chi connectivity index (χ1n) is 4.70. The number of fused-ring (bicyclic) bond motifs is 1. The smallest absolute Gasteiger partial charge is 0.0107 e. The molecule has 11 heavy (non-hydrogen) atoms. The van der Waals surface area contributed by atoms with Gasteiger partial charge in [0.2, 0.25) is 0 Å². The van der Waals surface area contributed by atoms with Gasteiger partial charge in [0.05, 0.1) is 0 Å². The van der Waals surface area contributed by atoms with E-state index >= 15 is 0 Å². The standard InChI is InChI=1S/C9H18N2/c1-7-9-5-10-4-3-8(9)6-11(7)2/h7-10H,3-6H2,1-2H3. The monoisotopic (exact) mass is 154 g/mol. The first-order valence-corrected chi connectivity index (χ1v) is 4.70. The Morgan fingerprint density at radius 2 is 2.27 bits per heavy atom. The van der Waals surface area contributed by atoms with Crippen LogP contribution in [0, 0.1) is 11.8 Å². The summed E-state index contributed by atoms with van der Waals surface area (Å²) >= 11 is 0. The molecule has 2 heterocycles. The molecule has 2 rings (SSSR count). The summed E-state index contributed by atoms with van der Waals surface area (Å²) in [5.74, 6) is 1.91. The number of nitrogens with zero attached hydrogens (tertiary/aromatic N) is 1. The predicted molar refractivity (Wildman–Crippen MR) is 46.6 cm³/mol. The Bertz CT molecular complexity index is 146. The second-order valence-corrected chi connectivity index (χ2v) is 4.10. The van der Waals surface area contributed by atoms with E-state index in [-0.39, 0.29) is 0 Å². The lowest BCUT2D eigenvalue weighted by molar-refractivity contribution is 0.265. The van der Waals surface area contributed by atoms with Crippen LogP contribution in [0.3, 0.4) is 0 Å². The Morgan fingerprint density at radius 3 is 3.00 bits per heavy atom. The fraction of sp³-hybridized carbons (Fsp3) is 1.00. The predicted octanol–water partition coefficient (Wildman–Crippen LogP) is 0.546. The molecule has 0 aromatic carbocycles. The highest BCUT2D eigenvalue weighted by atomic mass is 15.2. The molecule has 64 valence electrons. The van der Waals surface area contributed by atoms with Crippen LogP contribution in [-0.4, -0.2) is 37.6 Å². The van der Waals surface area contributed by atoms with Crippen molar-refractivity contribution in [2.24, 2.45) is 11.8 Å². The third kappa shape index (κ3) is 1.18. The van der Waals surface area contributed by atoms with Gasteiger partial charge in [0.25, 0.3) is 0 Å². The Kier molecular flexibility index (Phi) is 1.90. The van der Waals surface area contributed by atoms with Gasteiger partial charge < -0.3 is 10.2 Å². The number of nitrogens with one attached hydrogen (secondary N) is 1. The second kappa shape index (κ2) is 2.76. The second-order valence-electron chi connectivity index (χ2n) is 4.10. The van der Waals surface area contributed by atoms with Crippen LogP contribution in [0.5, 0.6) is 0 Å². The van der Waals surface area contributed by atoms with Crippen LogP contribution in [0.2, 0.25) is 0 Å². The van der Waals surface area contributed by atoms with E-state index in [4.69, 9.17) is 0 Å². The summed E-state index contributed by atoms with van der Waals surface area (Å²) in [5, 5.41) is 3.48. The summed E-state index contributed by atoms with van der Waals surface area (Å²) < 4.78 is 0. The molecule has 2 nitrogen and oxygen atoms in total. The summed E-state index contributed by atoms with van der Waals surface area (Å²) in [5.41, 5.74) is 0. The number of piperidine rings is 1. The summed E-state index contributed by atoms with van der Waals surface area (Å²) in [6.45, 7) is 6.17. The molecular formula is C9H18N2. The number of likely N-dealkylation sites (tertiary alicyclic amines) is 1. The molecule has 3 unspecified atom stereocenters. The number of hydrogen-bond acceptors (Lipinski definition) is 2. The van der Waals surface area contributed by atoms with Gasteiger partial charge in [-0.3, -0.25) is 0 Å². The van der Waals surface area contributed by atoms with Gasteiger partial charge in [-0.2, -0.15) is 0 Å². The van der Waals surface area contributed by atoms with E-state index in [2.05, 4.69) is 24.2 Å². The van der Waals surface area contributed by atoms with Crippen molar-refractivity contribution in [2.75, 3.05) is 26.7 Å². The quantitative estimate of drug-likeness (QED) is 0.548. The third-order valence-corrected chi connectivity index (χ3v) is 3.51. The van der Waals surface area contributed by atoms with Crippen LogP contribution in [-0.2, 0) is 0 Å². The van der Waals surface area contributed by atoms with Crippen LogP contribution >= 0.6 is 0 Å². The van der Waals surface area contributed by atoms with E-state index in [1.165, 1.54) is 26.1 Å². The molecule has 2 saturated heterocycles. The summed E-state index contributed by atoms with van der Waals surface area (Å²) in [7, 11) is 2.25. The third-order valence-electron chi connectivity index (χ3n) is 3.51. The SMILES string of the molecule is CC1C2CNCCC2CN1C. The fourth-order valence-corrected chi connectivity index (χ4v) is 2.59. The van der Waals surface area contributed by atoms with E-state index in [0.29, 0.717) is 0 Å². The van der Waals surface area contributed by atoms with Crippen molar-refractivity contribution in [1.29, 1.82) is 0 Å². The minimum Gasteiger partial charge on any atom is -0.316 e. The van der Waals surface area contributed by atoms with Crippen molar-refractivity contribution >= 4 is 0 Å². The Balaban J connectivity index is 2.05. The molecule has 0 aliphatic carbocycles. The van der Waals surface area contributed by atoms with E-state index in [9.17, 15) is 0 Å². The molecule has 3 atom stereocenters. The molecule has 0 amide bonds. The van der Waals surface area contributed by atoms with Gasteiger partial charge >= 0.3 is 0 Å². The van der Waals surface area contributed by atoms with Crippen LogP contribution in [0.4, 0.5) is 0 Å². The van der Waals surface area contributed by atoms with E-state index in [1.54, 1.807) is 0 Å². The zero-order valence-electron chi connectivity index (χ0n) is 7.51. The fourth-order valence-electron chi connectivity index (χ4n) is 2.59. The first kappa shape index (κ1) is 7.56. The Morgan fingerprint density at radius 1 is 1.45 bits per heavy atom. The summed E-state index contributed by atoms with van der Waals surface area (Å²) in [6, 6.07) is 0.799. The lowest BCUT2D eigenvalue weighted by Gasteiger charge is -2.27. The summed E-state index contributed by atoms with van der Waals surface area (Å²) in [4.78, 5) is 2.50. The van der Waals surface area contributed by atoms with Crippen molar-refractivity contribution in [3.63, 3.8) is 0 Å². The van der Waals surface area contributed by atoms with Crippen molar-refractivity contribution in [1.82, 2.24) is 10.2 Å². The van der Waals surface area contributed by atoms with Crippen LogP contribution < -0.4 is 5.32 Å². The molecule has 0 saturated carbocycles. The molecule has 2 heteroatoms. The molecular weight excluding hydrogens is 136 g/mol. The highest BCUT2D eigenvalue weighted by Crippen LogP contribution is 2.31. The van der Waals surface area contributed by atoms with Crippen molar-refractivity contribution in [3.05, 3.63) is 0 Å². The summed E-state index contributed by atoms with van der Waals surface area (Å²) in [6.07, 6.45) is 1.39. The minimum absolute atomic E-state index is 0.799. The molecule has 0 bridgehead atoms. The first-order chi connectivity index (χ1) is 5.29. The molecule has 2 fully saturated rings. The Labute approximate surface area is 69.0 Å². The van der Waals surface area contributed by atoms with Gasteiger partial charge in [-0.05, 0) is 45.3 Å². The van der Waals surface area contributed by atoms with E-state index in [1.807, 2.05) is 0 Å². The largest absolute Gasteiger partial charge is 0.316 e. The van der Waals surface area contributed by atoms with Gasteiger partial charge in [0, 0.05) is 12.6 Å². The molecule has 0 aromatic heterocycles. The van der Waals surface area contributed by atoms with E-state index in [0.717, 1.165) is 17.9 Å². The van der Waals surface area contributed by atoms with Gasteiger partial charge in [-0.25, -0.2) is 0 Å². The molecule has 1 N–H and O–H groups in total. The van der Waals surface area contributed by atoms with Gasteiger partial charge in [-0.15, -0.1) is 0 Å². The topological polar surface area (TPSA) is 15.3 Å². The van der Waals surface area contributed by atoms with Crippen molar-refractivity contribution < 1.29 is 0 Å². The Hall–Kier alpha value is -0.0800. The number of hydrogen-bond donors (Lipinski definition) is 1.